The van der Waals surface area contributed by atoms with Gasteiger partial charge in [0.15, 0.2) is 0 Å². The summed E-state index contributed by atoms with van der Waals surface area (Å²) in [7, 11) is 0. The maximum absolute atomic E-state index is 6.01. The zero-order chi connectivity index (χ0) is 13.9. The van der Waals surface area contributed by atoms with Crippen LogP contribution >= 0.6 is 0 Å². The summed E-state index contributed by atoms with van der Waals surface area (Å²) in [5.41, 5.74) is 0.292. The zero-order valence-electron chi connectivity index (χ0n) is 13.2. The monoisotopic (exact) mass is 268 g/mol. The molecule has 0 bridgehead atoms. The lowest BCUT2D eigenvalue weighted by Crippen LogP contribution is -2.61. The summed E-state index contributed by atoms with van der Waals surface area (Å²) in [5.74, 6) is 0.637. The molecule has 1 aliphatic carbocycles. The zero-order valence-corrected chi connectivity index (χ0v) is 13.2. The second kappa shape index (κ2) is 6.55. The molecule has 2 unspecified atom stereocenters. The molecular weight excluding hydrogens is 236 g/mol. The maximum atomic E-state index is 6.01. The van der Waals surface area contributed by atoms with Crippen molar-refractivity contribution in [3.63, 3.8) is 0 Å². The van der Waals surface area contributed by atoms with E-state index in [1.54, 1.807) is 0 Å². The van der Waals surface area contributed by atoms with Gasteiger partial charge >= 0.3 is 0 Å². The molecule has 1 heterocycles. The molecule has 3 nitrogen and oxygen atoms in total. The fourth-order valence-corrected chi connectivity index (χ4v) is 3.23. The third-order valence-electron chi connectivity index (χ3n) is 4.83. The number of hydrogen-bond acceptors (Lipinski definition) is 3. The molecule has 1 N–H and O–H groups in total. The number of rotatable bonds is 7. The highest BCUT2D eigenvalue weighted by Gasteiger charge is 2.48. The Labute approximate surface area is 119 Å². The summed E-state index contributed by atoms with van der Waals surface area (Å²) in [6.07, 6.45) is 4.40. The van der Waals surface area contributed by atoms with Crippen molar-refractivity contribution >= 4 is 0 Å². The van der Waals surface area contributed by atoms with E-state index < -0.39 is 0 Å². The van der Waals surface area contributed by atoms with Gasteiger partial charge in [0.05, 0.1) is 6.10 Å². The molecule has 0 aromatic carbocycles. The third kappa shape index (κ3) is 3.93. The average Bonchev–Trinajstić information content (AvgIpc) is 2.84. The molecule has 2 fully saturated rings. The minimum absolute atomic E-state index is 0.292. The standard InChI is InChI=1S/C16H32N2O/c1-13(2)12-19-15-11-14(16(15,3)4)17-7-10-18-8-5-6-9-18/h13-15,17H,5-12H2,1-4H3. The van der Waals surface area contributed by atoms with E-state index in [4.69, 9.17) is 4.74 Å². The van der Waals surface area contributed by atoms with Crippen LogP contribution in [0.5, 0.6) is 0 Å². The van der Waals surface area contributed by atoms with Crippen molar-refractivity contribution in [3.8, 4) is 0 Å². The molecule has 1 saturated carbocycles. The Hall–Kier alpha value is -0.120. The Kier molecular flexibility index (Phi) is 5.27. The van der Waals surface area contributed by atoms with Gasteiger partial charge in [0.2, 0.25) is 0 Å². The summed E-state index contributed by atoms with van der Waals surface area (Å²) in [4.78, 5) is 2.57. The van der Waals surface area contributed by atoms with Crippen molar-refractivity contribution < 1.29 is 4.74 Å². The Morgan fingerprint density at radius 1 is 1.26 bits per heavy atom. The van der Waals surface area contributed by atoms with Crippen LogP contribution in [0.2, 0.25) is 0 Å². The summed E-state index contributed by atoms with van der Waals surface area (Å²) < 4.78 is 6.01. The van der Waals surface area contributed by atoms with Crippen LogP contribution in [0, 0.1) is 11.3 Å². The van der Waals surface area contributed by atoms with Gasteiger partial charge in [0.1, 0.15) is 0 Å². The Morgan fingerprint density at radius 3 is 2.53 bits per heavy atom. The normalized spacial score (nSPS) is 30.8. The SMILES string of the molecule is CC(C)COC1CC(NCCN2CCCC2)C1(C)C. The quantitative estimate of drug-likeness (QED) is 0.768. The predicted octanol–water partition coefficient (Wildman–Crippen LogP) is 2.51. The lowest BCUT2D eigenvalue weighted by atomic mass is 9.64. The molecule has 0 radical (unpaired) electrons. The molecule has 1 aliphatic heterocycles. The van der Waals surface area contributed by atoms with Crippen LogP contribution < -0.4 is 5.32 Å². The van der Waals surface area contributed by atoms with Crippen molar-refractivity contribution in [2.24, 2.45) is 11.3 Å². The van der Waals surface area contributed by atoms with Crippen LogP contribution in [0.1, 0.15) is 47.0 Å². The van der Waals surface area contributed by atoms with Gasteiger partial charge in [-0.15, -0.1) is 0 Å². The predicted molar refractivity (Wildman–Crippen MR) is 80.4 cm³/mol. The highest BCUT2D eigenvalue weighted by atomic mass is 16.5. The van der Waals surface area contributed by atoms with E-state index in [1.165, 1.54) is 38.9 Å². The summed E-state index contributed by atoms with van der Waals surface area (Å²) in [6.45, 7) is 15.0. The van der Waals surface area contributed by atoms with Crippen LogP contribution in [0.4, 0.5) is 0 Å². The lowest BCUT2D eigenvalue weighted by Gasteiger charge is -2.52. The first-order chi connectivity index (χ1) is 9.00. The van der Waals surface area contributed by atoms with Gasteiger partial charge < -0.3 is 15.0 Å². The van der Waals surface area contributed by atoms with Crippen molar-refractivity contribution in [2.75, 3.05) is 32.8 Å². The van der Waals surface area contributed by atoms with E-state index in [1.807, 2.05) is 0 Å². The van der Waals surface area contributed by atoms with Crippen LogP contribution in [-0.2, 0) is 4.74 Å². The van der Waals surface area contributed by atoms with Crippen LogP contribution in [0.25, 0.3) is 0 Å². The molecule has 1 saturated heterocycles. The number of ether oxygens (including phenoxy) is 1. The summed E-state index contributed by atoms with van der Waals surface area (Å²) in [5, 5.41) is 3.73. The van der Waals surface area contributed by atoms with Crippen molar-refractivity contribution in [3.05, 3.63) is 0 Å². The lowest BCUT2D eigenvalue weighted by molar-refractivity contribution is -0.123. The van der Waals surface area contributed by atoms with Crippen molar-refractivity contribution in [1.82, 2.24) is 10.2 Å². The van der Waals surface area contributed by atoms with Crippen LogP contribution in [0.15, 0.2) is 0 Å². The molecular formula is C16H32N2O. The fourth-order valence-electron chi connectivity index (χ4n) is 3.23. The maximum Gasteiger partial charge on any atom is 0.0656 e. The Balaban J connectivity index is 1.63. The molecule has 0 spiro atoms. The minimum atomic E-state index is 0.292. The molecule has 2 rings (SSSR count). The molecule has 0 aromatic rings. The smallest absolute Gasteiger partial charge is 0.0656 e. The van der Waals surface area contributed by atoms with E-state index in [-0.39, 0.29) is 0 Å². The summed E-state index contributed by atoms with van der Waals surface area (Å²) >= 11 is 0. The molecule has 19 heavy (non-hydrogen) atoms. The van der Waals surface area contributed by atoms with Gasteiger partial charge in [0, 0.05) is 31.2 Å². The van der Waals surface area contributed by atoms with Crippen molar-refractivity contribution in [1.29, 1.82) is 0 Å². The average molecular weight is 268 g/mol. The molecule has 2 aliphatic rings. The van der Waals surface area contributed by atoms with E-state index in [9.17, 15) is 0 Å². The van der Waals surface area contributed by atoms with E-state index in [2.05, 4.69) is 37.9 Å². The first-order valence-corrected chi connectivity index (χ1v) is 8.07. The minimum Gasteiger partial charge on any atom is -0.377 e. The second-order valence-corrected chi connectivity index (χ2v) is 7.33. The second-order valence-electron chi connectivity index (χ2n) is 7.33. The first-order valence-electron chi connectivity index (χ1n) is 8.07. The number of nitrogens with zero attached hydrogens (tertiary/aromatic N) is 1. The highest BCUT2D eigenvalue weighted by Crippen LogP contribution is 2.42. The largest absolute Gasteiger partial charge is 0.377 e. The van der Waals surface area contributed by atoms with Gasteiger partial charge in [0.25, 0.3) is 0 Å². The summed E-state index contributed by atoms with van der Waals surface area (Å²) in [6, 6.07) is 0.632. The number of hydrogen-bond donors (Lipinski definition) is 1. The van der Waals surface area contributed by atoms with Crippen LogP contribution in [-0.4, -0.2) is 49.8 Å². The van der Waals surface area contributed by atoms with E-state index in [0.717, 1.165) is 13.2 Å². The van der Waals surface area contributed by atoms with E-state index in [0.29, 0.717) is 23.5 Å². The van der Waals surface area contributed by atoms with Crippen LogP contribution in [0.3, 0.4) is 0 Å². The molecule has 2 atom stereocenters. The van der Waals surface area contributed by atoms with Gasteiger partial charge in [-0.1, -0.05) is 27.7 Å². The topological polar surface area (TPSA) is 24.5 Å². The first kappa shape index (κ1) is 15.3. The Morgan fingerprint density at radius 2 is 1.95 bits per heavy atom. The van der Waals surface area contributed by atoms with Crippen molar-refractivity contribution in [2.45, 2.75) is 59.1 Å². The molecule has 3 heteroatoms. The third-order valence-corrected chi connectivity index (χ3v) is 4.83. The van der Waals surface area contributed by atoms with Gasteiger partial charge in [-0.05, 0) is 38.3 Å². The van der Waals surface area contributed by atoms with Gasteiger partial charge in [-0.3, -0.25) is 0 Å². The molecule has 112 valence electrons. The van der Waals surface area contributed by atoms with Gasteiger partial charge in [-0.25, -0.2) is 0 Å². The van der Waals surface area contributed by atoms with Gasteiger partial charge in [-0.2, -0.15) is 0 Å². The molecule has 0 amide bonds. The van der Waals surface area contributed by atoms with E-state index >= 15 is 0 Å². The Bertz CT molecular complexity index is 272. The number of likely N-dealkylation sites (tertiary alicyclic amines) is 1. The fraction of sp³-hybridized carbons (Fsp3) is 1.00. The number of nitrogens with one attached hydrogen (secondary N) is 1. The highest BCUT2D eigenvalue weighted by molar-refractivity contribution is 5.02. The molecule has 0 aromatic heterocycles.